The van der Waals surface area contributed by atoms with Crippen molar-refractivity contribution in [2.75, 3.05) is 0 Å². The largest absolute Gasteiger partial charge is 0.292 e. The van der Waals surface area contributed by atoms with E-state index in [4.69, 9.17) is 0 Å². The highest BCUT2D eigenvalue weighted by Gasteiger charge is 2.35. The molecular weight excluding hydrogens is 226 g/mol. The van der Waals surface area contributed by atoms with Gasteiger partial charge in [0.05, 0.1) is 6.20 Å². The van der Waals surface area contributed by atoms with E-state index in [1.165, 1.54) is 24.1 Å². The Labute approximate surface area is 109 Å². The fourth-order valence-corrected chi connectivity index (χ4v) is 3.12. The molecule has 1 aliphatic carbocycles. The van der Waals surface area contributed by atoms with Crippen LogP contribution in [0.5, 0.6) is 0 Å². The third-order valence-electron chi connectivity index (χ3n) is 4.38. The zero-order valence-corrected chi connectivity index (χ0v) is 11.6. The summed E-state index contributed by atoms with van der Waals surface area (Å²) in [6.45, 7) is 4.48. The lowest BCUT2D eigenvalue weighted by Crippen LogP contribution is -2.31. The molecule has 0 bridgehead atoms. The fraction of sp³-hybridized carbons (Fsp3) is 0.786. The van der Waals surface area contributed by atoms with Gasteiger partial charge in [-0.15, -0.1) is 0 Å². The first-order valence-corrected chi connectivity index (χ1v) is 7.04. The van der Waals surface area contributed by atoms with Crippen molar-refractivity contribution in [3.05, 3.63) is 11.9 Å². The van der Waals surface area contributed by atoms with E-state index in [-0.39, 0.29) is 11.7 Å². The first kappa shape index (κ1) is 13.2. The molecule has 1 aromatic heterocycles. The summed E-state index contributed by atoms with van der Waals surface area (Å²) in [5, 5.41) is 8.17. The van der Waals surface area contributed by atoms with E-state index < -0.39 is 0 Å². The molecule has 100 valence electrons. The maximum Gasteiger partial charge on any atom is 0.188 e. The number of hydrogen-bond acceptors (Lipinski definition) is 3. The summed E-state index contributed by atoms with van der Waals surface area (Å²) < 4.78 is 0. The van der Waals surface area contributed by atoms with Crippen molar-refractivity contribution in [3.8, 4) is 0 Å². The molecule has 3 unspecified atom stereocenters. The van der Waals surface area contributed by atoms with E-state index in [1.54, 1.807) is 13.2 Å². The average molecular weight is 249 g/mol. The summed E-state index contributed by atoms with van der Waals surface area (Å²) in [7, 11) is 1.75. The fourth-order valence-electron chi connectivity index (χ4n) is 3.12. The molecule has 4 nitrogen and oxygen atoms in total. The first-order valence-electron chi connectivity index (χ1n) is 7.04. The van der Waals surface area contributed by atoms with Crippen molar-refractivity contribution in [1.29, 1.82) is 0 Å². The van der Waals surface area contributed by atoms with Crippen LogP contribution in [0.2, 0.25) is 0 Å². The van der Waals surface area contributed by atoms with Crippen LogP contribution in [0.1, 0.15) is 56.4 Å². The van der Waals surface area contributed by atoms with E-state index in [0.717, 1.165) is 12.8 Å². The molecule has 1 aliphatic rings. The van der Waals surface area contributed by atoms with Gasteiger partial charge in [-0.05, 0) is 24.7 Å². The molecule has 18 heavy (non-hydrogen) atoms. The van der Waals surface area contributed by atoms with Crippen molar-refractivity contribution in [2.45, 2.75) is 46.0 Å². The Morgan fingerprint density at radius 1 is 1.50 bits per heavy atom. The predicted molar refractivity (Wildman–Crippen MR) is 70.2 cm³/mol. The predicted octanol–water partition coefficient (Wildman–Crippen LogP) is 2.85. The molecule has 0 amide bonds. The summed E-state index contributed by atoms with van der Waals surface area (Å²) in [5.74, 6) is 1.51. The molecule has 1 aromatic rings. The lowest BCUT2D eigenvalue weighted by molar-refractivity contribution is 0.0756. The highest BCUT2D eigenvalue weighted by Crippen LogP contribution is 2.37. The van der Waals surface area contributed by atoms with Crippen LogP contribution in [-0.2, 0) is 7.05 Å². The second kappa shape index (κ2) is 5.63. The van der Waals surface area contributed by atoms with Crippen LogP contribution in [0.15, 0.2) is 6.20 Å². The van der Waals surface area contributed by atoms with Crippen LogP contribution in [0.4, 0.5) is 0 Å². The number of carbonyl (C=O) groups is 1. The first-order chi connectivity index (χ1) is 8.63. The van der Waals surface area contributed by atoms with E-state index >= 15 is 0 Å². The van der Waals surface area contributed by atoms with Crippen LogP contribution < -0.4 is 0 Å². The molecule has 0 aromatic carbocycles. The molecule has 1 fully saturated rings. The quantitative estimate of drug-likeness (QED) is 0.771. The van der Waals surface area contributed by atoms with E-state index in [2.05, 4.69) is 24.0 Å². The molecule has 0 spiro atoms. The van der Waals surface area contributed by atoms with Gasteiger partial charge >= 0.3 is 0 Å². The maximum atomic E-state index is 12.5. The molecule has 4 heteroatoms. The SMILES string of the molecule is CCC(C)C1CCCCC1C(=O)c1cnn(C)n1. The third-order valence-corrected chi connectivity index (χ3v) is 4.38. The maximum absolute atomic E-state index is 12.5. The number of rotatable bonds is 4. The summed E-state index contributed by atoms with van der Waals surface area (Å²) in [5.41, 5.74) is 0.540. The van der Waals surface area contributed by atoms with Crippen LogP contribution >= 0.6 is 0 Å². The highest BCUT2D eigenvalue weighted by molar-refractivity contribution is 5.96. The molecule has 2 rings (SSSR count). The van der Waals surface area contributed by atoms with Crippen molar-refractivity contribution < 1.29 is 4.79 Å². The number of hydrogen-bond donors (Lipinski definition) is 0. The van der Waals surface area contributed by atoms with Gasteiger partial charge in [0.2, 0.25) is 0 Å². The van der Waals surface area contributed by atoms with E-state index in [9.17, 15) is 4.79 Å². The lowest BCUT2D eigenvalue weighted by atomic mass is 9.70. The Balaban J connectivity index is 2.15. The van der Waals surface area contributed by atoms with E-state index in [0.29, 0.717) is 17.5 Å². The van der Waals surface area contributed by atoms with Crippen molar-refractivity contribution in [3.63, 3.8) is 0 Å². The summed E-state index contributed by atoms with van der Waals surface area (Å²) in [4.78, 5) is 14.0. The molecule has 0 saturated heterocycles. The number of aryl methyl sites for hydroxylation is 1. The topological polar surface area (TPSA) is 47.8 Å². The van der Waals surface area contributed by atoms with Crippen LogP contribution in [0, 0.1) is 17.8 Å². The van der Waals surface area contributed by atoms with Crippen LogP contribution in [0.3, 0.4) is 0 Å². The summed E-state index contributed by atoms with van der Waals surface area (Å²) >= 11 is 0. The Hall–Kier alpha value is -1.19. The Kier molecular flexibility index (Phi) is 4.15. The number of aromatic nitrogens is 3. The molecule has 0 aliphatic heterocycles. The number of ketones is 1. The monoisotopic (exact) mass is 249 g/mol. The Morgan fingerprint density at radius 3 is 2.83 bits per heavy atom. The molecule has 3 atom stereocenters. The Bertz CT molecular complexity index is 413. The minimum Gasteiger partial charge on any atom is -0.292 e. The van der Waals surface area contributed by atoms with Crippen molar-refractivity contribution in [2.24, 2.45) is 24.8 Å². The van der Waals surface area contributed by atoms with Crippen molar-refractivity contribution >= 4 is 5.78 Å². The van der Waals surface area contributed by atoms with Gasteiger partial charge in [0, 0.05) is 13.0 Å². The molecule has 1 heterocycles. The second-order valence-corrected chi connectivity index (χ2v) is 5.52. The number of Topliss-reactive ketones (excluding diaryl/α,β-unsaturated/α-hetero) is 1. The molecular formula is C14H23N3O. The van der Waals surface area contributed by atoms with Gasteiger partial charge < -0.3 is 0 Å². The standard InChI is InChI=1S/C14H23N3O/c1-4-10(2)11-7-5-6-8-12(11)14(18)13-9-15-17(3)16-13/h9-12H,4-8H2,1-3H3. The highest BCUT2D eigenvalue weighted by atomic mass is 16.1. The number of carbonyl (C=O) groups excluding carboxylic acids is 1. The summed E-state index contributed by atoms with van der Waals surface area (Å²) in [6, 6.07) is 0. The number of nitrogens with zero attached hydrogens (tertiary/aromatic N) is 3. The van der Waals surface area contributed by atoms with Gasteiger partial charge in [-0.25, -0.2) is 0 Å². The van der Waals surface area contributed by atoms with Gasteiger partial charge in [0.25, 0.3) is 0 Å². The third kappa shape index (κ3) is 2.62. The Morgan fingerprint density at radius 2 is 2.22 bits per heavy atom. The van der Waals surface area contributed by atoms with Crippen molar-refractivity contribution in [1.82, 2.24) is 15.0 Å². The minimum absolute atomic E-state index is 0.158. The normalized spacial score (nSPS) is 25.9. The van der Waals surface area contributed by atoms with Gasteiger partial charge in [0.1, 0.15) is 5.69 Å². The molecule has 1 saturated carbocycles. The van der Waals surface area contributed by atoms with E-state index in [1.807, 2.05) is 0 Å². The van der Waals surface area contributed by atoms with Gasteiger partial charge in [-0.2, -0.15) is 15.0 Å². The summed E-state index contributed by atoms with van der Waals surface area (Å²) in [6.07, 6.45) is 7.39. The zero-order valence-electron chi connectivity index (χ0n) is 11.6. The molecule has 0 N–H and O–H groups in total. The average Bonchev–Trinajstić information content (AvgIpc) is 2.83. The van der Waals surface area contributed by atoms with Crippen LogP contribution in [-0.4, -0.2) is 20.8 Å². The van der Waals surface area contributed by atoms with Gasteiger partial charge in [-0.3, -0.25) is 4.79 Å². The smallest absolute Gasteiger partial charge is 0.188 e. The molecule has 0 radical (unpaired) electrons. The zero-order chi connectivity index (χ0) is 13.1. The lowest BCUT2D eigenvalue weighted by Gasteiger charge is -2.34. The van der Waals surface area contributed by atoms with Crippen LogP contribution in [0.25, 0.3) is 0 Å². The van der Waals surface area contributed by atoms with Gasteiger partial charge in [-0.1, -0.05) is 33.1 Å². The van der Waals surface area contributed by atoms with Gasteiger partial charge in [0.15, 0.2) is 5.78 Å². The minimum atomic E-state index is 0.158. The second-order valence-electron chi connectivity index (χ2n) is 5.52.